The third-order valence-corrected chi connectivity index (χ3v) is 4.86. The molecule has 1 aliphatic heterocycles. The summed E-state index contributed by atoms with van der Waals surface area (Å²) in [5.74, 6) is 1.14. The number of para-hydroxylation sites is 1. The van der Waals surface area contributed by atoms with Gasteiger partial charge in [-0.2, -0.15) is 4.98 Å². The van der Waals surface area contributed by atoms with Crippen molar-refractivity contribution >= 4 is 11.6 Å². The van der Waals surface area contributed by atoms with Gasteiger partial charge in [0, 0.05) is 24.2 Å². The average molecular weight is 347 g/mol. The summed E-state index contributed by atoms with van der Waals surface area (Å²) in [6.45, 7) is 4.71. The highest BCUT2D eigenvalue weighted by Crippen LogP contribution is 2.33. The summed E-state index contributed by atoms with van der Waals surface area (Å²) in [4.78, 5) is 19.0. The molecule has 0 radical (unpaired) electrons. The van der Waals surface area contributed by atoms with Crippen molar-refractivity contribution in [2.24, 2.45) is 0 Å². The Morgan fingerprint density at radius 3 is 2.85 bits per heavy atom. The Bertz CT molecular complexity index is 948. The van der Waals surface area contributed by atoms with Crippen molar-refractivity contribution < 1.29 is 9.32 Å². The molecule has 0 N–H and O–H groups in total. The van der Waals surface area contributed by atoms with Gasteiger partial charge in [0.1, 0.15) is 0 Å². The molecule has 5 nitrogen and oxygen atoms in total. The lowest BCUT2D eigenvalue weighted by atomic mass is 10.1. The van der Waals surface area contributed by atoms with Gasteiger partial charge in [0.25, 0.3) is 0 Å². The van der Waals surface area contributed by atoms with Crippen molar-refractivity contribution in [3.05, 3.63) is 65.5 Å². The van der Waals surface area contributed by atoms with E-state index in [1.54, 1.807) is 0 Å². The Hall–Kier alpha value is -2.95. The number of rotatable bonds is 4. The molecule has 4 rings (SSSR count). The molecule has 2 aromatic carbocycles. The lowest BCUT2D eigenvalue weighted by Gasteiger charge is -2.19. The number of hydrogen-bond donors (Lipinski definition) is 0. The van der Waals surface area contributed by atoms with Crippen LogP contribution in [0.4, 0.5) is 5.69 Å². The molecular weight excluding hydrogens is 326 g/mol. The fraction of sp³-hybridized carbons (Fsp3) is 0.286. The number of anilines is 1. The fourth-order valence-corrected chi connectivity index (χ4v) is 3.48. The summed E-state index contributed by atoms with van der Waals surface area (Å²) in [6.07, 6.45) is 1.29. The highest BCUT2D eigenvalue weighted by Gasteiger charge is 2.35. The van der Waals surface area contributed by atoms with Crippen LogP contribution in [0, 0.1) is 6.92 Å². The minimum atomic E-state index is -0.0709. The topological polar surface area (TPSA) is 59.2 Å². The monoisotopic (exact) mass is 347 g/mol. The second-order valence-electron chi connectivity index (χ2n) is 6.71. The van der Waals surface area contributed by atoms with E-state index >= 15 is 0 Å². The second-order valence-corrected chi connectivity index (χ2v) is 6.71. The molecule has 1 amide bonds. The molecule has 0 aliphatic carbocycles. The smallest absolute Gasteiger partial charge is 0.232 e. The molecule has 0 bridgehead atoms. The molecule has 1 saturated heterocycles. The molecule has 5 heteroatoms. The van der Waals surface area contributed by atoms with E-state index in [1.165, 1.54) is 5.56 Å². The SMILES string of the molecule is CCc1ccccc1N1CC(c2nc(-c3cccc(C)c3)no2)CC1=O. The number of benzene rings is 2. The second kappa shape index (κ2) is 6.75. The van der Waals surface area contributed by atoms with Gasteiger partial charge >= 0.3 is 0 Å². The molecule has 1 atom stereocenters. The maximum Gasteiger partial charge on any atom is 0.232 e. The molecule has 1 aromatic heterocycles. The Labute approximate surface area is 152 Å². The third kappa shape index (κ3) is 3.01. The zero-order chi connectivity index (χ0) is 18.1. The van der Waals surface area contributed by atoms with Gasteiger partial charge in [-0.05, 0) is 31.0 Å². The molecule has 2 heterocycles. The number of hydrogen-bond acceptors (Lipinski definition) is 4. The highest BCUT2D eigenvalue weighted by molar-refractivity contribution is 5.97. The highest BCUT2D eigenvalue weighted by atomic mass is 16.5. The Morgan fingerprint density at radius 2 is 2.04 bits per heavy atom. The molecular formula is C21H21N3O2. The summed E-state index contributed by atoms with van der Waals surface area (Å²) >= 11 is 0. The van der Waals surface area contributed by atoms with Crippen LogP contribution in [0.25, 0.3) is 11.4 Å². The van der Waals surface area contributed by atoms with E-state index in [-0.39, 0.29) is 11.8 Å². The molecule has 3 aromatic rings. The van der Waals surface area contributed by atoms with Crippen LogP contribution in [0.1, 0.15) is 36.3 Å². The van der Waals surface area contributed by atoms with Crippen molar-refractivity contribution in [3.63, 3.8) is 0 Å². The first-order valence-corrected chi connectivity index (χ1v) is 8.94. The number of carbonyl (C=O) groups excluding carboxylic acids is 1. The van der Waals surface area contributed by atoms with Gasteiger partial charge in [0.15, 0.2) is 0 Å². The lowest BCUT2D eigenvalue weighted by molar-refractivity contribution is -0.117. The van der Waals surface area contributed by atoms with Gasteiger partial charge in [-0.3, -0.25) is 4.79 Å². The van der Waals surface area contributed by atoms with Crippen molar-refractivity contribution in [2.45, 2.75) is 32.6 Å². The maximum atomic E-state index is 12.6. The van der Waals surface area contributed by atoms with Gasteiger partial charge in [-0.25, -0.2) is 0 Å². The van der Waals surface area contributed by atoms with Crippen LogP contribution in [0.3, 0.4) is 0 Å². The van der Waals surface area contributed by atoms with Crippen LogP contribution < -0.4 is 4.90 Å². The van der Waals surface area contributed by atoms with E-state index in [0.717, 1.165) is 23.2 Å². The minimum absolute atomic E-state index is 0.0709. The first kappa shape index (κ1) is 16.5. The first-order valence-electron chi connectivity index (χ1n) is 8.94. The van der Waals surface area contributed by atoms with Crippen LogP contribution in [0.5, 0.6) is 0 Å². The summed E-state index contributed by atoms with van der Waals surface area (Å²) in [7, 11) is 0. The normalized spacial score (nSPS) is 17.1. The zero-order valence-electron chi connectivity index (χ0n) is 15.0. The van der Waals surface area contributed by atoms with Crippen molar-refractivity contribution in [1.82, 2.24) is 10.1 Å². The van der Waals surface area contributed by atoms with Crippen molar-refractivity contribution in [2.75, 3.05) is 11.4 Å². The van der Waals surface area contributed by atoms with Gasteiger partial charge in [0.2, 0.25) is 17.6 Å². The summed E-state index contributed by atoms with van der Waals surface area (Å²) in [5, 5.41) is 4.11. The minimum Gasteiger partial charge on any atom is -0.339 e. The zero-order valence-corrected chi connectivity index (χ0v) is 15.0. The molecule has 26 heavy (non-hydrogen) atoms. The summed E-state index contributed by atoms with van der Waals surface area (Å²) in [6, 6.07) is 16.0. The van der Waals surface area contributed by atoms with E-state index < -0.39 is 0 Å². The van der Waals surface area contributed by atoms with Gasteiger partial charge < -0.3 is 9.42 Å². The van der Waals surface area contributed by atoms with Crippen LogP contribution in [-0.2, 0) is 11.2 Å². The van der Waals surface area contributed by atoms with Gasteiger partial charge in [-0.1, -0.05) is 54.0 Å². The maximum absolute atomic E-state index is 12.6. The Morgan fingerprint density at radius 1 is 1.19 bits per heavy atom. The summed E-state index contributed by atoms with van der Waals surface area (Å²) < 4.78 is 5.49. The van der Waals surface area contributed by atoms with Crippen LogP contribution in [-0.4, -0.2) is 22.6 Å². The van der Waals surface area contributed by atoms with E-state index in [4.69, 9.17) is 4.52 Å². The first-order chi connectivity index (χ1) is 12.7. The Balaban J connectivity index is 1.58. The van der Waals surface area contributed by atoms with Crippen LogP contribution >= 0.6 is 0 Å². The molecule has 1 unspecified atom stereocenters. The van der Waals surface area contributed by atoms with Crippen molar-refractivity contribution in [1.29, 1.82) is 0 Å². The van der Waals surface area contributed by atoms with Gasteiger partial charge in [-0.15, -0.1) is 0 Å². The molecule has 1 aliphatic rings. The van der Waals surface area contributed by atoms with E-state index in [1.807, 2.05) is 54.3 Å². The predicted octanol–water partition coefficient (Wildman–Crippen LogP) is 4.13. The lowest BCUT2D eigenvalue weighted by Crippen LogP contribution is -2.25. The number of carbonyl (C=O) groups is 1. The third-order valence-electron chi connectivity index (χ3n) is 4.86. The van der Waals surface area contributed by atoms with E-state index in [0.29, 0.717) is 24.7 Å². The largest absolute Gasteiger partial charge is 0.339 e. The van der Waals surface area contributed by atoms with Crippen molar-refractivity contribution in [3.8, 4) is 11.4 Å². The molecule has 1 fully saturated rings. The standard InChI is InChI=1S/C21H21N3O2/c1-3-15-8-4-5-10-18(15)24-13-17(12-19(24)25)21-22-20(23-26-21)16-9-6-7-14(2)11-16/h4-11,17H,3,12-13H2,1-2H3. The Kier molecular flexibility index (Phi) is 4.29. The quantitative estimate of drug-likeness (QED) is 0.712. The molecule has 0 spiro atoms. The molecule has 132 valence electrons. The van der Waals surface area contributed by atoms with E-state index in [9.17, 15) is 4.79 Å². The number of amides is 1. The predicted molar refractivity (Wildman–Crippen MR) is 100 cm³/mol. The van der Waals surface area contributed by atoms with Crippen LogP contribution in [0.15, 0.2) is 53.1 Å². The summed E-state index contributed by atoms with van der Waals surface area (Å²) in [5.41, 5.74) is 4.23. The van der Waals surface area contributed by atoms with Crippen LogP contribution in [0.2, 0.25) is 0 Å². The number of nitrogens with zero attached hydrogens (tertiary/aromatic N) is 3. The number of aromatic nitrogens is 2. The average Bonchev–Trinajstić information content (AvgIpc) is 3.28. The van der Waals surface area contributed by atoms with Gasteiger partial charge in [0.05, 0.1) is 5.92 Å². The molecule has 0 saturated carbocycles. The number of aryl methyl sites for hydroxylation is 2. The fourth-order valence-electron chi connectivity index (χ4n) is 3.48. The van der Waals surface area contributed by atoms with E-state index in [2.05, 4.69) is 23.1 Å².